The van der Waals surface area contributed by atoms with Gasteiger partial charge in [0.25, 0.3) is 0 Å². The van der Waals surface area contributed by atoms with Gasteiger partial charge >= 0.3 is 0 Å². The molecular weight excluding hydrogens is 188 g/mol. The molecule has 0 saturated heterocycles. The molecule has 1 aromatic rings. The van der Waals surface area contributed by atoms with Crippen molar-refractivity contribution in [2.45, 2.75) is 13.3 Å². The van der Waals surface area contributed by atoms with E-state index in [1.165, 1.54) is 5.56 Å². The monoisotopic (exact) mass is 206 g/mol. The average Bonchev–Trinajstić information content (AvgIpc) is 2.27. The second kappa shape index (κ2) is 7.07. The van der Waals surface area contributed by atoms with E-state index >= 15 is 0 Å². The minimum absolute atomic E-state index is 0.595. The maximum absolute atomic E-state index is 5.51. The van der Waals surface area contributed by atoms with Crippen LogP contribution in [0.1, 0.15) is 18.9 Å². The van der Waals surface area contributed by atoms with E-state index in [9.17, 15) is 0 Å². The summed E-state index contributed by atoms with van der Waals surface area (Å²) in [7, 11) is 1.67. The van der Waals surface area contributed by atoms with E-state index in [1.807, 2.05) is 18.2 Å². The zero-order valence-electron chi connectivity index (χ0n) is 9.40. The van der Waals surface area contributed by atoms with Gasteiger partial charge in [-0.15, -0.1) is 0 Å². The molecule has 0 fully saturated rings. The van der Waals surface area contributed by atoms with Crippen molar-refractivity contribution in [2.75, 3.05) is 20.3 Å². The quantitative estimate of drug-likeness (QED) is 0.666. The van der Waals surface area contributed by atoms with E-state index in [4.69, 9.17) is 9.47 Å². The lowest BCUT2D eigenvalue weighted by molar-refractivity contribution is 0.146. The number of methoxy groups -OCH3 is 1. The summed E-state index contributed by atoms with van der Waals surface area (Å²) in [5.41, 5.74) is 1.17. The molecule has 0 N–H and O–H groups in total. The molecule has 0 heterocycles. The van der Waals surface area contributed by atoms with Gasteiger partial charge in [-0.1, -0.05) is 31.2 Å². The molecule has 0 unspecified atom stereocenters. The molecule has 82 valence electrons. The number of hydrogen-bond donors (Lipinski definition) is 0. The predicted molar refractivity (Wildman–Crippen MR) is 63.1 cm³/mol. The zero-order chi connectivity index (χ0) is 10.9. The average molecular weight is 206 g/mol. The Morgan fingerprint density at radius 1 is 1.27 bits per heavy atom. The smallest absolute Gasteiger partial charge is 0.120 e. The highest BCUT2D eigenvalue weighted by molar-refractivity contribution is 5.51. The molecule has 0 aliphatic carbocycles. The first-order valence-electron chi connectivity index (χ1n) is 5.25. The normalized spacial score (nSPS) is 10.8. The molecule has 2 nitrogen and oxygen atoms in total. The molecule has 1 rings (SSSR count). The third-order valence-corrected chi connectivity index (χ3v) is 1.96. The number of allylic oxidation sites excluding steroid dienone is 1. The van der Waals surface area contributed by atoms with Crippen molar-refractivity contribution in [2.24, 2.45) is 0 Å². The molecule has 0 atom stereocenters. The third kappa shape index (κ3) is 4.66. The molecule has 0 saturated carbocycles. The maximum Gasteiger partial charge on any atom is 0.120 e. The van der Waals surface area contributed by atoms with Gasteiger partial charge < -0.3 is 9.47 Å². The van der Waals surface area contributed by atoms with E-state index < -0.39 is 0 Å². The summed E-state index contributed by atoms with van der Waals surface area (Å²) in [5.74, 6) is 0.894. The number of benzene rings is 1. The fourth-order valence-electron chi connectivity index (χ4n) is 1.20. The van der Waals surface area contributed by atoms with Crippen LogP contribution in [0.2, 0.25) is 0 Å². The summed E-state index contributed by atoms with van der Waals surface area (Å²) in [6, 6.07) is 8.05. The molecule has 2 heteroatoms. The molecular formula is C13H18O2. The third-order valence-electron chi connectivity index (χ3n) is 1.96. The van der Waals surface area contributed by atoms with Crippen LogP contribution < -0.4 is 4.74 Å². The van der Waals surface area contributed by atoms with Crippen molar-refractivity contribution in [3.05, 3.63) is 35.9 Å². The highest BCUT2D eigenvalue weighted by Crippen LogP contribution is 2.14. The summed E-state index contributed by atoms with van der Waals surface area (Å²) in [4.78, 5) is 0. The Kier molecular flexibility index (Phi) is 5.56. The SMILES string of the molecule is CCC=Cc1cccc(OCCOC)c1. The van der Waals surface area contributed by atoms with Gasteiger partial charge in [-0.25, -0.2) is 0 Å². The van der Waals surface area contributed by atoms with Crippen LogP contribution in [0.3, 0.4) is 0 Å². The highest BCUT2D eigenvalue weighted by atomic mass is 16.5. The topological polar surface area (TPSA) is 18.5 Å². The van der Waals surface area contributed by atoms with Gasteiger partial charge in [-0.3, -0.25) is 0 Å². The zero-order valence-corrected chi connectivity index (χ0v) is 9.40. The first-order valence-corrected chi connectivity index (χ1v) is 5.25. The fourth-order valence-corrected chi connectivity index (χ4v) is 1.20. The largest absolute Gasteiger partial charge is 0.491 e. The van der Waals surface area contributed by atoms with Crippen LogP contribution in [0.15, 0.2) is 30.3 Å². The van der Waals surface area contributed by atoms with E-state index in [0.717, 1.165) is 12.2 Å². The maximum atomic E-state index is 5.51. The molecule has 0 spiro atoms. The van der Waals surface area contributed by atoms with Gasteiger partial charge in [0.05, 0.1) is 6.61 Å². The number of hydrogen-bond acceptors (Lipinski definition) is 2. The van der Waals surface area contributed by atoms with E-state index in [2.05, 4.69) is 25.1 Å². The predicted octanol–water partition coefficient (Wildman–Crippen LogP) is 3.14. The molecule has 0 aliphatic rings. The molecule has 0 aliphatic heterocycles. The summed E-state index contributed by atoms with van der Waals surface area (Å²) >= 11 is 0. The molecule has 15 heavy (non-hydrogen) atoms. The van der Waals surface area contributed by atoms with Gasteiger partial charge in [0.2, 0.25) is 0 Å². The lowest BCUT2D eigenvalue weighted by Crippen LogP contribution is -2.04. The molecule has 0 bridgehead atoms. The Balaban J connectivity index is 2.53. The fraction of sp³-hybridized carbons (Fsp3) is 0.385. The lowest BCUT2D eigenvalue weighted by atomic mass is 10.2. The van der Waals surface area contributed by atoms with Crippen molar-refractivity contribution in [3.8, 4) is 5.75 Å². The van der Waals surface area contributed by atoms with Gasteiger partial charge in [-0.05, 0) is 24.1 Å². The molecule has 0 aromatic heterocycles. The van der Waals surface area contributed by atoms with Crippen molar-refractivity contribution < 1.29 is 9.47 Å². The minimum Gasteiger partial charge on any atom is -0.491 e. The summed E-state index contributed by atoms with van der Waals surface area (Å²) in [5, 5.41) is 0. The molecule has 1 aromatic carbocycles. The van der Waals surface area contributed by atoms with E-state index in [1.54, 1.807) is 7.11 Å². The van der Waals surface area contributed by atoms with Crippen LogP contribution in [-0.2, 0) is 4.74 Å². The summed E-state index contributed by atoms with van der Waals surface area (Å²) in [6.45, 7) is 3.34. The van der Waals surface area contributed by atoms with Crippen LogP contribution in [0, 0.1) is 0 Å². The summed E-state index contributed by atoms with van der Waals surface area (Å²) < 4.78 is 10.4. The van der Waals surface area contributed by atoms with E-state index in [0.29, 0.717) is 13.2 Å². The second-order valence-corrected chi connectivity index (χ2v) is 3.22. The van der Waals surface area contributed by atoms with Gasteiger partial charge in [0, 0.05) is 7.11 Å². The van der Waals surface area contributed by atoms with Crippen LogP contribution in [-0.4, -0.2) is 20.3 Å². The lowest BCUT2D eigenvalue weighted by Gasteiger charge is -2.05. The van der Waals surface area contributed by atoms with Gasteiger partial charge in [0.1, 0.15) is 12.4 Å². The van der Waals surface area contributed by atoms with Crippen LogP contribution in [0.25, 0.3) is 6.08 Å². The Morgan fingerprint density at radius 3 is 2.87 bits per heavy atom. The standard InChI is InChI=1S/C13H18O2/c1-3-4-6-12-7-5-8-13(11-12)15-10-9-14-2/h4-8,11H,3,9-10H2,1-2H3. The Labute approximate surface area is 91.5 Å². The van der Waals surface area contributed by atoms with E-state index in [-0.39, 0.29) is 0 Å². The van der Waals surface area contributed by atoms with Crippen molar-refractivity contribution in [1.29, 1.82) is 0 Å². The Hall–Kier alpha value is -1.28. The van der Waals surface area contributed by atoms with Gasteiger partial charge in [0.15, 0.2) is 0 Å². The highest BCUT2D eigenvalue weighted by Gasteiger charge is 1.93. The van der Waals surface area contributed by atoms with Crippen LogP contribution in [0.5, 0.6) is 5.75 Å². The number of ether oxygens (including phenoxy) is 2. The number of rotatable bonds is 6. The summed E-state index contributed by atoms with van der Waals surface area (Å²) in [6.07, 6.45) is 5.28. The van der Waals surface area contributed by atoms with Gasteiger partial charge in [-0.2, -0.15) is 0 Å². The Bertz CT molecular complexity index is 305. The molecule has 0 radical (unpaired) electrons. The first kappa shape index (κ1) is 11.8. The van der Waals surface area contributed by atoms with Crippen molar-refractivity contribution >= 4 is 6.08 Å². The van der Waals surface area contributed by atoms with Crippen LogP contribution in [0.4, 0.5) is 0 Å². The Morgan fingerprint density at radius 2 is 2.13 bits per heavy atom. The first-order chi connectivity index (χ1) is 7.36. The second-order valence-electron chi connectivity index (χ2n) is 3.22. The van der Waals surface area contributed by atoms with Crippen molar-refractivity contribution in [1.82, 2.24) is 0 Å². The molecule has 0 amide bonds. The van der Waals surface area contributed by atoms with Crippen LogP contribution >= 0.6 is 0 Å². The van der Waals surface area contributed by atoms with Crippen molar-refractivity contribution in [3.63, 3.8) is 0 Å². The minimum atomic E-state index is 0.595.